The third-order valence-corrected chi connectivity index (χ3v) is 2.30. The van der Waals surface area contributed by atoms with Crippen molar-refractivity contribution in [2.75, 3.05) is 0 Å². The van der Waals surface area contributed by atoms with Crippen molar-refractivity contribution in [2.45, 2.75) is 34.6 Å². The van der Waals surface area contributed by atoms with Crippen LogP contribution in [0.2, 0.25) is 0 Å². The van der Waals surface area contributed by atoms with Crippen molar-refractivity contribution in [3.8, 4) is 0 Å². The van der Waals surface area contributed by atoms with Crippen molar-refractivity contribution in [2.24, 2.45) is 10.9 Å². The average molecular weight is 215 g/mol. The van der Waals surface area contributed by atoms with Gasteiger partial charge in [-0.2, -0.15) is 0 Å². The van der Waals surface area contributed by atoms with Gasteiger partial charge < -0.3 is 0 Å². The van der Waals surface area contributed by atoms with E-state index in [4.69, 9.17) is 0 Å². The van der Waals surface area contributed by atoms with Crippen molar-refractivity contribution in [1.82, 2.24) is 0 Å². The second-order valence-electron chi connectivity index (χ2n) is 4.74. The van der Waals surface area contributed by atoms with Crippen molar-refractivity contribution in [3.05, 3.63) is 41.0 Å². The van der Waals surface area contributed by atoms with Crippen LogP contribution in [0.4, 0.5) is 0 Å². The van der Waals surface area contributed by atoms with Gasteiger partial charge >= 0.3 is 0 Å². The fourth-order valence-electron chi connectivity index (χ4n) is 1.43. The van der Waals surface area contributed by atoms with Gasteiger partial charge in [-0.3, -0.25) is 4.99 Å². The van der Waals surface area contributed by atoms with Crippen LogP contribution >= 0.6 is 0 Å². The van der Waals surface area contributed by atoms with E-state index >= 15 is 0 Å². The summed E-state index contributed by atoms with van der Waals surface area (Å²) in [7, 11) is 0. The molecule has 1 aromatic rings. The van der Waals surface area contributed by atoms with Crippen LogP contribution in [0.1, 0.15) is 38.8 Å². The molecule has 0 heterocycles. The molecule has 0 radical (unpaired) electrons. The molecule has 0 fully saturated rings. The monoisotopic (exact) mass is 215 g/mol. The third-order valence-electron chi connectivity index (χ3n) is 2.30. The molecule has 0 spiro atoms. The number of allylic oxidation sites excluding steroid dienone is 1. The van der Waals surface area contributed by atoms with Crippen LogP contribution in [0, 0.1) is 12.8 Å². The first-order valence-corrected chi connectivity index (χ1v) is 5.79. The Balaban J connectivity index is 3.05. The molecule has 0 saturated carbocycles. The molecule has 1 heteroatoms. The topological polar surface area (TPSA) is 12.4 Å². The van der Waals surface area contributed by atoms with Crippen molar-refractivity contribution < 1.29 is 0 Å². The second kappa shape index (κ2) is 5.64. The molecule has 0 aliphatic rings. The van der Waals surface area contributed by atoms with Gasteiger partial charge in [-0.15, -0.1) is 0 Å². The Bertz CT molecular complexity index is 390. The molecule has 0 amide bonds. The van der Waals surface area contributed by atoms with E-state index in [-0.39, 0.29) is 0 Å². The van der Waals surface area contributed by atoms with Crippen molar-refractivity contribution >= 4 is 11.9 Å². The molecule has 0 aliphatic carbocycles. The molecule has 1 nitrogen and oxygen atoms in total. The zero-order valence-corrected chi connectivity index (χ0v) is 10.9. The van der Waals surface area contributed by atoms with E-state index < -0.39 is 0 Å². The summed E-state index contributed by atoms with van der Waals surface area (Å²) >= 11 is 0. The van der Waals surface area contributed by atoms with Gasteiger partial charge in [-0.1, -0.05) is 49.2 Å². The Morgan fingerprint density at radius 2 is 1.69 bits per heavy atom. The minimum absolute atomic E-state index is 0.486. The molecule has 0 N–H and O–H groups in total. The van der Waals surface area contributed by atoms with Gasteiger partial charge in [-0.25, -0.2) is 0 Å². The maximum absolute atomic E-state index is 4.58. The highest BCUT2D eigenvalue weighted by molar-refractivity contribution is 5.76. The van der Waals surface area contributed by atoms with E-state index in [2.05, 4.69) is 63.9 Å². The van der Waals surface area contributed by atoms with Gasteiger partial charge in [-0.05, 0) is 26.7 Å². The highest BCUT2D eigenvalue weighted by atomic mass is 14.7. The molecule has 86 valence electrons. The predicted octanol–water partition coefficient (Wildman–Crippen LogP) is 4.47. The highest BCUT2D eigenvalue weighted by Gasteiger charge is 2.01. The minimum atomic E-state index is 0.486. The predicted molar refractivity (Wildman–Crippen MR) is 72.8 cm³/mol. The average Bonchev–Trinajstić information content (AvgIpc) is 2.20. The number of nitrogens with zero attached hydrogens (tertiary/aromatic N) is 1. The summed E-state index contributed by atoms with van der Waals surface area (Å²) in [6.45, 7) is 10.6. The van der Waals surface area contributed by atoms with Crippen LogP contribution in [-0.4, -0.2) is 6.21 Å². The van der Waals surface area contributed by atoms with E-state index in [1.54, 1.807) is 0 Å². The van der Waals surface area contributed by atoms with E-state index in [9.17, 15) is 0 Å². The smallest absolute Gasteiger partial charge is 0.0684 e. The fourth-order valence-corrected chi connectivity index (χ4v) is 1.43. The van der Waals surface area contributed by atoms with Crippen molar-refractivity contribution in [3.63, 3.8) is 0 Å². The number of hydrogen-bond donors (Lipinski definition) is 0. The Kier molecular flexibility index (Phi) is 4.48. The van der Waals surface area contributed by atoms with E-state index in [0.717, 1.165) is 5.70 Å². The fraction of sp³-hybridized carbons (Fsp3) is 0.400. The van der Waals surface area contributed by atoms with Crippen LogP contribution in [0.5, 0.6) is 0 Å². The van der Waals surface area contributed by atoms with Gasteiger partial charge in [0, 0.05) is 11.8 Å². The summed E-state index contributed by atoms with van der Waals surface area (Å²) in [4.78, 5) is 4.58. The summed E-state index contributed by atoms with van der Waals surface area (Å²) in [5.74, 6) is 0.486. The van der Waals surface area contributed by atoms with Crippen LogP contribution < -0.4 is 0 Å². The second-order valence-corrected chi connectivity index (χ2v) is 4.74. The first kappa shape index (κ1) is 12.7. The van der Waals surface area contributed by atoms with Gasteiger partial charge in [0.25, 0.3) is 0 Å². The minimum Gasteiger partial charge on any atom is -0.260 e. The zero-order valence-electron chi connectivity index (χ0n) is 10.9. The molecular formula is C15H21N. The number of rotatable bonds is 3. The lowest BCUT2D eigenvalue weighted by Crippen LogP contribution is -1.90. The van der Waals surface area contributed by atoms with Crippen LogP contribution in [0.15, 0.2) is 34.8 Å². The molecular weight excluding hydrogens is 194 g/mol. The molecule has 1 rings (SSSR count). The number of benzene rings is 1. The Hall–Kier alpha value is -1.37. The molecule has 0 aromatic heterocycles. The van der Waals surface area contributed by atoms with E-state index in [1.807, 2.05) is 6.21 Å². The lowest BCUT2D eigenvalue weighted by Gasteiger charge is -2.06. The maximum Gasteiger partial charge on any atom is 0.0684 e. The van der Waals surface area contributed by atoms with Gasteiger partial charge in [0.15, 0.2) is 0 Å². The quantitative estimate of drug-likeness (QED) is 0.659. The molecule has 0 unspecified atom stereocenters. The summed E-state index contributed by atoms with van der Waals surface area (Å²) in [5.41, 5.74) is 4.82. The van der Waals surface area contributed by atoms with Gasteiger partial charge in [0.2, 0.25) is 0 Å². The summed E-state index contributed by atoms with van der Waals surface area (Å²) in [5, 5.41) is 0. The zero-order chi connectivity index (χ0) is 12.1. The first-order chi connectivity index (χ1) is 7.50. The van der Waals surface area contributed by atoms with E-state index in [1.165, 1.54) is 16.7 Å². The number of hydrogen-bond acceptors (Lipinski definition) is 1. The largest absolute Gasteiger partial charge is 0.260 e. The van der Waals surface area contributed by atoms with Crippen LogP contribution in [0.25, 0.3) is 5.70 Å². The van der Waals surface area contributed by atoms with Crippen molar-refractivity contribution in [1.29, 1.82) is 0 Å². The molecule has 0 saturated heterocycles. The maximum atomic E-state index is 4.58. The lowest BCUT2D eigenvalue weighted by molar-refractivity contribution is 0.907. The molecule has 0 atom stereocenters. The number of aryl methyl sites for hydroxylation is 1. The molecule has 0 aliphatic heterocycles. The number of aliphatic imine (C=N–C) groups is 1. The molecule has 16 heavy (non-hydrogen) atoms. The standard InChI is InChI=1S/C15H21N/c1-11(2)10-16-15(12(3)4)14-8-6-13(5)7-9-14/h6-11H,1-5H3. The Morgan fingerprint density at radius 3 is 2.12 bits per heavy atom. The van der Waals surface area contributed by atoms with Gasteiger partial charge in [0.1, 0.15) is 0 Å². The summed E-state index contributed by atoms with van der Waals surface area (Å²) in [6, 6.07) is 8.52. The Labute approximate surface area is 98.9 Å². The third kappa shape index (κ3) is 3.65. The van der Waals surface area contributed by atoms with Crippen LogP contribution in [-0.2, 0) is 0 Å². The van der Waals surface area contributed by atoms with Crippen LogP contribution in [0.3, 0.4) is 0 Å². The molecule has 1 aromatic carbocycles. The normalized spacial score (nSPS) is 11.1. The van der Waals surface area contributed by atoms with Gasteiger partial charge in [0.05, 0.1) is 5.70 Å². The summed E-state index contributed by atoms with van der Waals surface area (Å²) in [6.07, 6.45) is 2.00. The first-order valence-electron chi connectivity index (χ1n) is 5.79. The summed E-state index contributed by atoms with van der Waals surface area (Å²) < 4.78 is 0. The van der Waals surface area contributed by atoms with E-state index in [0.29, 0.717) is 5.92 Å². The molecule has 0 bridgehead atoms. The Morgan fingerprint density at radius 1 is 1.12 bits per heavy atom. The SMILES string of the molecule is CC(C)=C(N=CC(C)C)c1ccc(C)cc1. The lowest BCUT2D eigenvalue weighted by atomic mass is 10.1. The highest BCUT2D eigenvalue weighted by Crippen LogP contribution is 2.20.